The Morgan fingerprint density at radius 3 is 2.71 bits per heavy atom. The molecule has 6 nitrogen and oxygen atoms in total. The highest BCUT2D eigenvalue weighted by atomic mass is 16.6. The summed E-state index contributed by atoms with van der Waals surface area (Å²) < 4.78 is 9.68. The van der Waals surface area contributed by atoms with Crippen LogP contribution in [0.2, 0.25) is 0 Å². The van der Waals surface area contributed by atoms with E-state index in [0.29, 0.717) is 0 Å². The van der Waals surface area contributed by atoms with Crippen molar-refractivity contribution in [2.24, 2.45) is 4.99 Å². The Bertz CT molecular complexity index is 335. The summed E-state index contributed by atoms with van der Waals surface area (Å²) in [4.78, 5) is 24.6. The summed E-state index contributed by atoms with van der Waals surface area (Å²) in [6, 6.07) is 0. The number of aliphatic hydroxyl groups is 1. The molecule has 2 atom stereocenters. The van der Waals surface area contributed by atoms with Crippen LogP contribution in [0, 0.1) is 0 Å². The summed E-state index contributed by atoms with van der Waals surface area (Å²) >= 11 is 0. The first-order chi connectivity index (χ1) is 7.97. The van der Waals surface area contributed by atoms with Gasteiger partial charge in [-0.3, -0.25) is 0 Å². The molecule has 17 heavy (non-hydrogen) atoms. The molecule has 2 unspecified atom stereocenters. The number of hydrogen-bond acceptors (Lipinski definition) is 6. The maximum atomic E-state index is 10.9. The highest BCUT2D eigenvalue weighted by Crippen LogP contribution is 2.12. The van der Waals surface area contributed by atoms with Crippen LogP contribution < -0.4 is 0 Å². The first-order valence-electron chi connectivity index (χ1n) is 4.78. The molecule has 0 amide bonds. The molecule has 0 aromatic rings. The highest BCUT2D eigenvalue weighted by molar-refractivity contribution is 5.81. The first-order valence-corrected chi connectivity index (χ1v) is 4.78. The molecule has 0 spiro atoms. The standard InChI is InChI=1S/C11H15NO5/c1-4-9(14)16-6-11(3,12-8-13)7-17-10(15)5-2/h4-5,9,14H,1-2,6-7H2,3H3. The third kappa shape index (κ3) is 6.42. The van der Waals surface area contributed by atoms with Crippen molar-refractivity contribution in [3.63, 3.8) is 0 Å². The quantitative estimate of drug-likeness (QED) is 0.165. The predicted molar refractivity (Wildman–Crippen MR) is 59.8 cm³/mol. The second-order valence-corrected chi connectivity index (χ2v) is 3.45. The lowest BCUT2D eigenvalue weighted by Crippen LogP contribution is -2.36. The number of aliphatic imine (C=N–C) groups is 1. The van der Waals surface area contributed by atoms with Crippen molar-refractivity contribution in [1.82, 2.24) is 0 Å². The molecule has 0 saturated carbocycles. The van der Waals surface area contributed by atoms with Gasteiger partial charge in [0.05, 0.1) is 6.61 Å². The summed E-state index contributed by atoms with van der Waals surface area (Å²) in [7, 11) is 0. The van der Waals surface area contributed by atoms with E-state index in [1.807, 2.05) is 0 Å². The zero-order valence-electron chi connectivity index (χ0n) is 9.59. The zero-order valence-corrected chi connectivity index (χ0v) is 9.59. The summed E-state index contributed by atoms with van der Waals surface area (Å²) in [6.45, 7) is 7.75. The molecule has 94 valence electrons. The van der Waals surface area contributed by atoms with Crippen LogP contribution in [0.15, 0.2) is 30.3 Å². The van der Waals surface area contributed by atoms with Gasteiger partial charge in [-0.25, -0.2) is 9.59 Å². The maximum absolute atomic E-state index is 10.9. The molecular formula is C11H15NO5. The van der Waals surface area contributed by atoms with E-state index in [0.717, 1.165) is 6.08 Å². The minimum atomic E-state index is -1.17. The number of hydrogen-bond donors (Lipinski definition) is 1. The Hall–Kier alpha value is -1.75. The molecule has 6 heteroatoms. The van der Waals surface area contributed by atoms with Gasteiger partial charge >= 0.3 is 5.97 Å². The molecular weight excluding hydrogens is 226 g/mol. The Morgan fingerprint density at radius 2 is 2.24 bits per heavy atom. The predicted octanol–water partition coefficient (Wildman–Crippen LogP) is 0.331. The molecule has 0 heterocycles. The van der Waals surface area contributed by atoms with Crippen molar-refractivity contribution < 1.29 is 24.2 Å². The van der Waals surface area contributed by atoms with Crippen LogP contribution >= 0.6 is 0 Å². The molecule has 0 aromatic heterocycles. The van der Waals surface area contributed by atoms with Crippen LogP contribution in [-0.2, 0) is 19.1 Å². The summed E-state index contributed by atoms with van der Waals surface area (Å²) in [5.74, 6) is -0.637. The molecule has 0 aliphatic rings. The van der Waals surface area contributed by atoms with Crippen molar-refractivity contribution in [2.75, 3.05) is 13.2 Å². The van der Waals surface area contributed by atoms with Gasteiger partial charge in [0.1, 0.15) is 12.1 Å². The SMILES string of the molecule is C=CC(=O)OCC(C)(COC(O)C=C)N=C=O. The summed E-state index contributed by atoms with van der Waals surface area (Å²) in [5.41, 5.74) is -1.11. The molecule has 0 saturated heterocycles. The van der Waals surface area contributed by atoms with Crippen LogP contribution in [0.4, 0.5) is 0 Å². The van der Waals surface area contributed by atoms with Crippen LogP contribution in [0.1, 0.15) is 6.92 Å². The van der Waals surface area contributed by atoms with Gasteiger partial charge in [-0.1, -0.05) is 13.2 Å². The maximum Gasteiger partial charge on any atom is 0.330 e. The van der Waals surface area contributed by atoms with Crippen LogP contribution in [0.25, 0.3) is 0 Å². The summed E-state index contributed by atoms with van der Waals surface area (Å²) in [6.07, 6.45) is 2.35. The van der Waals surface area contributed by atoms with Crippen LogP contribution in [0.3, 0.4) is 0 Å². The van der Waals surface area contributed by atoms with Crippen molar-refractivity contribution in [3.8, 4) is 0 Å². The van der Waals surface area contributed by atoms with Gasteiger partial charge < -0.3 is 14.6 Å². The van der Waals surface area contributed by atoms with Crippen molar-refractivity contribution in [2.45, 2.75) is 18.8 Å². The van der Waals surface area contributed by atoms with E-state index in [2.05, 4.69) is 18.2 Å². The van der Waals surface area contributed by atoms with Gasteiger partial charge in [0, 0.05) is 6.08 Å². The van der Waals surface area contributed by atoms with Crippen molar-refractivity contribution in [3.05, 3.63) is 25.3 Å². The lowest BCUT2D eigenvalue weighted by atomic mass is 10.1. The van der Waals surface area contributed by atoms with E-state index in [-0.39, 0.29) is 13.2 Å². The van der Waals surface area contributed by atoms with E-state index < -0.39 is 17.8 Å². The molecule has 0 fully saturated rings. The number of isocyanates is 1. The minimum absolute atomic E-state index is 0.125. The lowest BCUT2D eigenvalue weighted by molar-refractivity contribution is -0.141. The van der Waals surface area contributed by atoms with Gasteiger partial charge in [0.2, 0.25) is 6.08 Å². The minimum Gasteiger partial charge on any atom is -0.460 e. The fourth-order valence-electron chi connectivity index (χ4n) is 0.835. The summed E-state index contributed by atoms with van der Waals surface area (Å²) in [5, 5.41) is 9.11. The molecule has 0 aromatic carbocycles. The zero-order chi connectivity index (χ0) is 13.3. The number of carbonyl (C=O) groups excluding carboxylic acids is 2. The Morgan fingerprint density at radius 1 is 1.59 bits per heavy atom. The van der Waals surface area contributed by atoms with Crippen molar-refractivity contribution in [1.29, 1.82) is 0 Å². The van der Waals surface area contributed by atoms with E-state index >= 15 is 0 Å². The number of ether oxygens (including phenoxy) is 2. The third-order valence-electron chi connectivity index (χ3n) is 1.77. The third-order valence-corrected chi connectivity index (χ3v) is 1.77. The molecule has 0 aliphatic heterocycles. The normalized spacial score (nSPS) is 14.9. The molecule has 1 N–H and O–H groups in total. The van der Waals surface area contributed by atoms with E-state index in [1.165, 1.54) is 19.1 Å². The highest BCUT2D eigenvalue weighted by Gasteiger charge is 2.27. The first kappa shape index (κ1) is 15.2. The van der Waals surface area contributed by atoms with E-state index in [9.17, 15) is 9.59 Å². The fraction of sp³-hybridized carbons (Fsp3) is 0.455. The van der Waals surface area contributed by atoms with Gasteiger partial charge in [-0.2, -0.15) is 4.99 Å². The topological polar surface area (TPSA) is 85.2 Å². The van der Waals surface area contributed by atoms with Gasteiger partial charge in [-0.05, 0) is 13.0 Å². The number of rotatable bonds is 8. The van der Waals surface area contributed by atoms with Crippen LogP contribution in [-0.4, -0.2) is 42.2 Å². The van der Waals surface area contributed by atoms with Gasteiger partial charge in [-0.15, -0.1) is 0 Å². The van der Waals surface area contributed by atoms with E-state index in [1.54, 1.807) is 0 Å². The van der Waals surface area contributed by atoms with Crippen LogP contribution in [0.5, 0.6) is 0 Å². The monoisotopic (exact) mass is 241 g/mol. The average molecular weight is 241 g/mol. The fourth-order valence-corrected chi connectivity index (χ4v) is 0.835. The molecule has 0 radical (unpaired) electrons. The van der Waals surface area contributed by atoms with Gasteiger partial charge in [0.15, 0.2) is 6.29 Å². The number of aliphatic hydroxyl groups excluding tert-OH is 1. The van der Waals surface area contributed by atoms with Gasteiger partial charge in [0.25, 0.3) is 0 Å². The Balaban J connectivity index is 4.44. The second kappa shape index (κ2) is 7.51. The molecule has 0 rings (SSSR count). The van der Waals surface area contributed by atoms with Crippen molar-refractivity contribution >= 4 is 12.0 Å². The molecule has 0 bridgehead atoms. The molecule has 0 aliphatic carbocycles. The van der Waals surface area contributed by atoms with E-state index in [4.69, 9.17) is 14.6 Å². The largest absolute Gasteiger partial charge is 0.460 e. The second-order valence-electron chi connectivity index (χ2n) is 3.45. The Labute approximate surface area is 99.2 Å². The number of carbonyl (C=O) groups is 1. The average Bonchev–Trinajstić information content (AvgIpc) is 2.33. The number of esters is 1. The Kier molecular flexibility index (Phi) is 6.74. The lowest BCUT2D eigenvalue weighted by Gasteiger charge is -2.23. The number of nitrogens with zero attached hydrogens (tertiary/aromatic N) is 1. The smallest absolute Gasteiger partial charge is 0.330 e.